The Kier molecular flexibility index (Phi) is 5.00. The molecule has 0 radical (unpaired) electrons. The Morgan fingerprint density at radius 3 is 2.73 bits per heavy atom. The third-order valence-corrected chi connectivity index (χ3v) is 5.86. The number of morpholine rings is 1. The van der Waals surface area contributed by atoms with Crippen molar-refractivity contribution in [2.45, 2.75) is 20.3 Å². The minimum atomic E-state index is 0.765. The van der Waals surface area contributed by atoms with Gasteiger partial charge in [0.05, 0.1) is 28.8 Å². The number of aryl methyl sites for hydroxylation is 2. The van der Waals surface area contributed by atoms with Gasteiger partial charge in [-0.05, 0) is 37.1 Å². The average Bonchev–Trinajstić information content (AvgIpc) is 3.13. The maximum atomic E-state index is 5.46. The maximum Gasteiger partial charge on any atom is 0.129 e. The van der Waals surface area contributed by atoms with Crippen LogP contribution < -0.4 is 4.90 Å². The fraction of sp³-hybridized carbons (Fsp3) is 0.333. The molecule has 2 aromatic heterocycles. The summed E-state index contributed by atoms with van der Waals surface area (Å²) in [6.45, 7) is 7.60. The van der Waals surface area contributed by atoms with E-state index in [0.717, 1.165) is 44.2 Å². The molecule has 0 N–H and O–H groups in total. The lowest BCUT2D eigenvalue weighted by Gasteiger charge is -2.28. The first-order valence-electron chi connectivity index (χ1n) is 9.10. The highest BCUT2D eigenvalue weighted by molar-refractivity contribution is 7.15. The highest BCUT2D eigenvalue weighted by atomic mass is 32.1. The lowest BCUT2D eigenvalue weighted by atomic mass is 10.1. The van der Waals surface area contributed by atoms with Gasteiger partial charge in [-0.25, -0.2) is 9.97 Å². The van der Waals surface area contributed by atoms with Crippen LogP contribution in [0.25, 0.3) is 21.7 Å². The summed E-state index contributed by atoms with van der Waals surface area (Å²) < 4.78 is 5.46. The van der Waals surface area contributed by atoms with E-state index < -0.39 is 0 Å². The van der Waals surface area contributed by atoms with Gasteiger partial charge in [-0.15, -0.1) is 11.3 Å². The van der Waals surface area contributed by atoms with Crippen molar-refractivity contribution in [2.24, 2.45) is 0 Å². The van der Waals surface area contributed by atoms with E-state index in [1.807, 2.05) is 6.20 Å². The quantitative estimate of drug-likeness (QED) is 0.678. The molecule has 0 unspecified atom stereocenters. The van der Waals surface area contributed by atoms with Crippen LogP contribution in [-0.2, 0) is 11.2 Å². The molecule has 4 nitrogen and oxygen atoms in total. The number of anilines is 1. The van der Waals surface area contributed by atoms with E-state index in [4.69, 9.17) is 9.72 Å². The molecule has 3 aromatic rings. The number of hydrogen-bond acceptors (Lipinski definition) is 5. The molecule has 0 aliphatic carbocycles. The molecule has 0 spiro atoms. The van der Waals surface area contributed by atoms with Gasteiger partial charge >= 0.3 is 0 Å². The number of hydrogen-bond donors (Lipinski definition) is 0. The summed E-state index contributed by atoms with van der Waals surface area (Å²) in [6.07, 6.45) is 2.86. The molecule has 1 saturated heterocycles. The first kappa shape index (κ1) is 17.2. The Morgan fingerprint density at radius 2 is 1.96 bits per heavy atom. The van der Waals surface area contributed by atoms with Crippen LogP contribution in [0.5, 0.6) is 0 Å². The minimum Gasteiger partial charge on any atom is -0.378 e. The van der Waals surface area contributed by atoms with E-state index >= 15 is 0 Å². The summed E-state index contributed by atoms with van der Waals surface area (Å²) in [4.78, 5) is 13.0. The van der Waals surface area contributed by atoms with E-state index in [2.05, 4.69) is 60.1 Å². The van der Waals surface area contributed by atoms with Crippen molar-refractivity contribution in [1.29, 1.82) is 0 Å². The maximum absolute atomic E-state index is 5.46. The molecular formula is C21H23N3OS. The molecule has 3 heterocycles. The van der Waals surface area contributed by atoms with Crippen molar-refractivity contribution < 1.29 is 4.74 Å². The topological polar surface area (TPSA) is 38.2 Å². The lowest BCUT2D eigenvalue weighted by Crippen LogP contribution is -2.36. The Balaban J connectivity index is 1.77. The second-order valence-electron chi connectivity index (χ2n) is 6.51. The number of thiazole rings is 1. The summed E-state index contributed by atoms with van der Waals surface area (Å²) in [7, 11) is 0. The van der Waals surface area contributed by atoms with Crippen molar-refractivity contribution >= 4 is 17.2 Å². The number of ether oxygens (including phenoxy) is 1. The SMILES string of the molecule is CCc1nc(-c2cccc(C)c2)c(-c2ccnc(N3CCOCC3)c2)s1. The van der Waals surface area contributed by atoms with Crippen LogP contribution in [0.15, 0.2) is 42.6 Å². The van der Waals surface area contributed by atoms with Gasteiger partial charge in [0.25, 0.3) is 0 Å². The summed E-state index contributed by atoms with van der Waals surface area (Å²) in [5.74, 6) is 1.02. The Bertz CT molecular complexity index is 900. The third-order valence-electron chi connectivity index (χ3n) is 4.61. The van der Waals surface area contributed by atoms with Gasteiger partial charge < -0.3 is 9.64 Å². The molecule has 26 heavy (non-hydrogen) atoms. The van der Waals surface area contributed by atoms with Gasteiger partial charge in [0.15, 0.2) is 0 Å². The van der Waals surface area contributed by atoms with Crippen LogP contribution in [-0.4, -0.2) is 36.3 Å². The van der Waals surface area contributed by atoms with Crippen LogP contribution in [0, 0.1) is 6.92 Å². The summed E-state index contributed by atoms with van der Waals surface area (Å²) >= 11 is 1.79. The van der Waals surface area contributed by atoms with E-state index in [1.54, 1.807) is 11.3 Å². The summed E-state index contributed by atoms with van der Waals surface area (Å²) in [5.41, 5.74) is 4.70. The van der Waals surface area contributed by atoms with Gasteiger partial charge in [0.1, 0.15) is 5.82 Å². The van der Waals surface area contributed by atoms with E-state index in [1.165, 1.54) is 26.6 Å². The molecule has 0 saturated carbocycles. The number of nitrogens with zero attached hydrogens (tertiary/aromatic N) is 3. The van der Waals surface area contributed by atoms with Crippen molar-refractivity contribution in [2.75, 3.05) is 31.2 Å². The number of benzene rings is 1. The zero-order chi connectivity index (χ0) is 17.9. The van der Waals surface area contributed by atoms with E-state index in [9.17, 15) is 0 Å². The zero-order valence-corrected chi connectivity index (χ0v) is 16.1. The zero-order valence-electron chi connectivity index (χ0n) is 15.2. The molecule has 1 fully saturated rings. The molecule has 0 bridgehead atoms. The van der Waals surface area contributed by atoms with Crippen molar-refractivity contribution in [3.63, 3.8) is 0 Å². The molecule has 4 rings (SSSR count). The number of pyridine rings is 1. The minimum absolute atomic E-state index is 0.765. The number of aromatic nitrogens is 2. The number of rotatable bonds is 4. The lowest BCUT2D eigenvalue weighted by molar-refractivity contribution is 0.122. The first-order chi connectivity index (χ1) is 12.7. The van der Waals surface area contributed by atoms with Crippen LogP contribution in [0.1, 0.15) is 17.5 Å². The highest BCUT2D eigenvalue weighted by Gasteiger charge is 2.17. The molecule has 1 aliphatic rings. The Labute approximate surface area is 158 Å². The summed E-state index contributed by atoms with van der Waals surface area (Å²) in [5, 5.41) is 1.17. The molecule has 1 aliphatic heterocycles. The van der Waals surface area contributed by atoms with Gasteiger partial charge in [0.2, 0.25) is 0 Å². The molecule has 1 aromatic carbocycles. The normalized spacial score (nSPS) is 14.6. The average molecular weight is 366 g/mol. The largest absolute Gasteiger partial charge is 0.378 e. The van der Waals surface area contributed by atoms with Crippen LogP contribution >= 0.6 is 11.3 Å². The molecule has 0 amide bonds. The van der Waals surface area contributed by atoms with Crippen LogP contribution in [0.2, 0.25) is 0 Å². The van der Waals surface area contributed by atoms with Crippen molar-refractivity contribution in [3.05, 3.63) is 53.2 Å². The monoisotopic (exact) mass is 365 g/mol. The van der Waals surface area contributed by atoms with Gasteiger partial charge in [-0.3, -0.25) is 0 Å². The standard InChI is InChI=1S/C21H23N3OS/c1-3-19-23-20(16-6-4-5-15(2)13-16)21(26-19)17-7-8-22-18(14-17)24-9-11-25-12-10-24/h4-8,13-14H,3,9-12H2,1-2H3. The smallest absolute Gasteiger partial charge is 0.129 e. The molecule has 0 atom stereocenters. The van der Waals surface area contributed by atoms with Crippen LogP contribution in [0.4, 0.5) is 5.82 Å². The fourth-order valence-electron chi connectivity index (χ4n) is 3.22. The van der Waals surface area contributed by atoms with E-state index in [-0.39, 0.29) is 0 Å². The molecule has 134 valence electrons. The predicted molar refractivity (Wildman–Crippen MR) is 108 cm³/mol. The second-order valence-corrected chi connectivity index (χ2v) is 7.59. The van der Waals surface area contributed by atoms with Crippen LogP contribution in [0.3, 0.4) is 0 Å². The Hall–Kier alpha value is -2.24. The van der Waals surface area contributed by atoms with Crippen molar-refractivity contribution in [3.8, 4) is 21.7 Å². The summed E-state index contributed by atoms with van der Waals surface area (Å²) in [6, 6.07) is 12.9. The molecule has 5 heteroatoms. The van der Waals surface area contributed by atoms with Gasteiger partial charge in [-0.1, -0.05) is 30.7 Å². The molecular weight excluding hydrogens is 342 g/mol. The first-order valence-corrected chi connectivity index (χ1v) is 9.92. The predicted octanol–water partition coefficient (Wildman–Crippen LogP) is 4.58. The highest BCUT2D eigenvalue weighted by Crippen LogP contribution is 2.38. The van der Waals surface area contributed by atoms with Gasteiger partial charge in [-0.2, -0.15) is 0 Å². The third kappa shape index (κ3) is 3.50. The Morgan fingerprint density at radius 1 is 1.12 bits per heavy atom. The second kappa shape index (κ2) is 7.56. The fourth-order valence-corrected chi connectivity index (χ4v) is 4.25. The van der Waals surface area contributed by atoms with E-state index in [0.29, 0.717) is 0 Å². The van der Waals surface area contributed by atoms with Crippen molar-refractivity contribution in [1.82, 2.24) is 9.97 Å². The van der Waals surface area contributed by atoms with Gasteiger partial charge in [0, 0.05) is 24.8 Å².